The normalized spacial score (nSPS) is 11.7. The monoisotopic (exact) mass is 1110 g/mol. The molecule has 0 atom stereocenters. The van der Waals surface area contributed by atoms with Crippen molar-refractivity contribution in [3.63, 3.8) is 0 Å². The summed E-state index contributed by atoms with van der Waals surface area (Å²) in [5, 5.41) is 2.21. The highest BCUT2D eigenvalue weighted by Gasteiger charge is 2.18. The fourth-order valence-electron chi connectivity index (χ4n) is 11.0. The fraction of sp³-hybridized carbons (Fsp3) is 0.250. The van der Waals surface area contributed by atoms with Gasteiger partial charge in [-0.2, -0.15) is 0 Å². The van der Waals surface area contributed by atoms with Gasteiger partial charge in [-0.05, 0) is 181 Å². The summed E-state index contributed by atoms with van der Waals surface area (Å²) in [5.41, 5.74) is 15.4. The van der Waals surface area contributed by atoms with Crippen LogP contribution in [0.25, 0.3) is 108 Å². The van der Waals surface area contributed by atoms with Crippen LogP contribution in [-0.4, -0.2) is 9.97 Å². The van der Waals surface area contributed by atoms with Crippen LogP contribution in [0.3, 0.4) is 0 Å². The molecule has 0 radical (unpaired) electrons. The van der Waals surface area contributed by atoms with E-state index in [4.69, 9.17) is 9.97 Å². The summed E-state index contributed by atoms with van der Waals surface area (Å²) < 4.78 is 20.9. The molecule has 11 aromatic heterocycles. The molecule has 0 aliphatic heterocycles. The van der Waals surface area contributed by atoms with Gasteiger partial charge in [0.2, 0.25) is 0 Å². The molecular formula is C64H54N2S8. The van der Waals surface area contributed by atoms with Crippen LogP contribution in [0, 0.1) is 24.3 Å². The molecule has 0 amide bonds. The van der Waals surface area contributed by atoms with Crippen LogP contribution in [0.1, 0.15) is 99.9 Å². The quantitative estimate of drug-likeness (QED) is 0.142. The smallest absolute Gasteiger partial charge is 0.0972 e. The lowest BCUT2D eigenvalue weighted by Gasteiger charge is -2.03. The molecule has 0 fully saturated rings. The van der Waals surface area contributed by atoms with Gasteiger partial charge in [-0.25, -0.2) is 9.97 Å². The lowest BCUT2D eigenvalue weighted by molar-refractivity contribution is 1.07. The van der Waals surface area contributed by atoms with Gasteiger partial charge in [0.05, 0.1) is 40.9 Å². The maximum Gasteiger partial charge on any atom is 0.0972 e. The molecule has 1 aromatic carbocycles. The van der Waals surface area contributed by atoms with E-state index in [1.807, 2.05) is 90.7 Å². The first-order chi connectivity index (χ1) is 36.3. The maximum absolute atomic E-state index is 5.43. The Kier molecular flexibility index (Phi) is 13.9. The third kappa shape index (κ3) is 8.46. The molecule has 0 N–H and O–H groups in total. The van der Waals surface area contributed by atoms with Crippen molar-refractivity contribution in [2.75, 3.05) is 0 Å². The zero-order chi connectivity index (χ0) is 50.8. The van der Waals surface area contributed by atoms with E-state index in [2.05, 4.69) is 165 Å². The fourth-order valence-corrected chi connectivity index (χ4v) is 21.4. The van der Waals surface area contributed by atoms with Crippen LogP contribution in [0.2, 0.25) is 0 Å². The lowest BCUT2D eigenvalue weighted by atomic mass is 10.1. The minimum Gasteiger partial charge on any atom is -0.245 e. The first kappa shape index (κ1) is 49.6. The Morgan fingerprint density at radius 3 is 0.851 bits per heavy atom. The van der Waals surface area contributed by atoms with Crippen molar-refractivity contribution in [1.82, 2.24) is 9.97 Å². The van der Waals surface area contributed by atoms with Gasteiger partial charge >= 0.3 is 0 Å². The van der Waals surface area contributed by atoms with E-state index in [1.165, 1.54) is 110 Å². The summed E-state index contributed by atoms with van der Waals surface area (Å²) in [6, 6.07) is 45.8. The number of aromatic nitrogens is 2. The summed E-state index contributed by atoms with van der Waals surface area (Å²) in [7, 11) is 0. The third-order valence-corrected chi connectivity index (χ3v) is 24.9. The van der Waals surface area contributed by atoms with Crippen molar-refractivity contribution in [3.05, 3.63) is 154 Å². The molecule has 0 spiro atoms. The number of aryl methyl sites for hydroxylation is 8. The number of benzene rings is 1. The highest BCUT2D eigenvalue weighted by molar-refractivity contribution is 7.36. The Morgan fingerprint density at radius 2 is 0.541 bits per heavy atom. The molecule has 2 nitrogen and oxygen atoms in total. The van der Waals surface area contributed by atoms with Crippen molar-refractivity contribution in [2.45, 2.75) is 107 Å². The lowest BCUT2D eigenvalue weighted by Crippen LogP contribution is -1.86. The summed E-state index contributed by atoms with van der Waals surface area (Å²) in [5.74, 6) is 0. The number of rotatable bonds is 8. The Balaban J connectivity index is 1.15. The van der Waals surface area contributed by atoms with Gasteiger partial charge in [0, 0.05) is 67.2 Å². The Bertz CT molecular complexity index is 4210. The summed E-state index contributed by atoms with van der Waals surface area (Å²) in [6.45, 7) is 18.4. The molecule has 0 aliphatic rings. The van der Waals surface area contributed by atoms with E-state index in [9.17, 15) is 0 Å². The Morgan fingerprint density at radius 1 is 0.284 bits per heavy atom. The second-order valence-corrected chi connectivity index (χ2v) is 26.9. The SMILES string of the molecule is CCc1c(CC)c2sc1c#cc#cc1sc(c(CC)c1CC)c1ccc(s1)c1sc(c(CC)c1CC)c1ccc(s1)c1ccc3ccc4ccc(nc4c3n1)c1ccc(s1)c1sc(c(CC)c1CC)c1ccc2s1. The molecule has 12 rings (SSSR count). The van der Waals surface area contributed by atoms with E-state index in [-0.39, 0.29) is 0 Å². The minimum atomic E-state index is 0.949. The van der Waals surface area contributed by atoms with Crippen molar-refractivity contribution < 1.29 is 0 Å². The molecule has 0 aliphatic carbocycles. The van der Waals surface area contributed by atoms with Crippen molar-refractivity contribution in [2.24, 2.45) is 0 Å². The molecular weight excluding hydrogens is 1050 g/mol. The summed E-state index contributed by atoms with van der Waals surface area (Å²) >= 11 is 15.2. The molecule has 10 heteroatoms. The van der Waals surface area contributed by atoms with Gasteiger partial charge in [-0.15, -0.1) is 90.7 Å². The molecule has 11 heterocycles. The second-order valence-electron chi connectivity index (χ2n) is 18.5. The zero-order valence-electron chi connectivity index (χ0n) is 42.9. The van der Waals surface area contributed by atoms with Crippen LogP contribution in [0.15, 0.2) is 84.9 Å². The van der Waals surface area contributed by atoms with Crippen molar-refractivity contribution in [1.29, 1.82) is 0 Å². The molecule has 0 saturated heterocycles. The number of pyridine rings is 2. The van der Waals surface area contributed by atoms with E-state index in [0.717, 1.165) is 93.6 Å². The molecule has 368 valence electrons. The maximum atomic E-state index is 5.43. The number of hydrogen-bond acceptors (Lipinski definition) is 10. The van der Waals surface area contributed by atoms with Crippen molar-refractivity contribution in [3.8, 4) is 0 Å². The van der Waals surface area contributed by atoms with Gasteiger partial charge in [-0.3, -0.25) is 0 Å². The number of fused-ring (bicyclic) bond motifs is 26. The van der Waals surface area contributed by atoms with Gasteiger partial charge in [-0.1, -0.05) is 79.7 Å². The first-order valence-electron chi connectivity index (χ1n) is 26.0. The molecule has 74 heavy (non-hydrogen) atoms. The highest BCUT2D eigenvalue weighted by atomic mass is 32.1. The van der Waals surface area contributed by atoms with Gasteiger partial charge in [0.1, 0.15) is 0 Å². The summed E-state index contributed by atoms with van der Waals surface area (Å²) in [4.78, 5) is 10.9. The molecule has 12 aromatic rings. The Hall–Kier alpha value is -5.24. The molecule has 0 unspecified atom stereocenters. The average molecular weight is 1110 g/mol. The van der Waals surface area contributed by atoms with Gasteiger partial charge in [0.15, 0.2) is 0 Å². The summed E-state index contributed by atoms with van der Waals surface area (Å²) in [6.07, 6.45) is 7.84. The van der Waals surface area contributed by atoms with Gasteiger partial charge in [0.25, 0.3) is 0 Å². The van der Waals surface area contributed by atoms with E-state index in [0.29, 0.717) is 0 Å². The van der Waals surface area contributed by atoms with Gasteiger partial charge < -0.3 is 0 Å². The third-order valence-electron chi connectivity index (χ3n) is 14.5. The standard InChI is InChI=1S/C64H54N2S8/c1-9-37-39(11-3)59-51-31-33-55(69-51)63-43(15-7)41(13-5)61(73-63)53-29-27-49(67-53)45-25-23-35-21-22-36-24-26-46(66-58(36)57(35)65-45)50-28-30-54(68-50)62-42(14-6)44(16-8)64(74-62)56-34-32-52(70-56)60-40(12-4)38(10-2)48(72-60)20-18-17-19-47(37)71-59/h21-34H,9-16H2,1-8H3. The molecule has 0 saturated carbocycles. The highest BCUT2D eigenvalue weighted by Crippen LogP contribution is 2.45. The van der Waals surface area contributed by atoms with Crippen LogP contribution in [0.5, 0.6) is 0 Å². The van der Waals surface area contributed by atoms with E-state index >= 15 is 0 Å². The minimum absolute atomic E-state index is 0.949. The van der Waals surface area contributed by atoms with Crippen LogP contribution in [0.4, 0.5) is 0 Å². The van der Waals surface area contributed by atoms with Crippen LogP contribution in [-0.2, 0) is 51.4 Å². The topological polar surface area (TPSA) is 25.8 Å². The zero-order valence-corrected chi connectivity index (χ0v) is 49.4. The van der Waals surface area contributed by atoms with E-state index < -0.39 is 0 Å². The van der Waals surface area contributed by atoms with Crippen LogP contribution >= 0.6 is 90.7 Å². The predicted molar refractivity (Wildman–Crippen MR) is 338 cm³/mol. The largest absolute Gasteiger partial charge is 0.245 e. The van der Waals surface area contributed by atoms with Crippen molar-refractivity contribution >= 4 is 199 Å². The number of thiophene rings is 8. The second kappa shape index (κ2) is 20.7. The molecule has 20 bridgehead atoms. The number of nitrogens with zero attached hydrogens (tertiary/aromatic N) is 2. The van der Waals surface area contributed by atoms with Crippen LogP contribution < -0.4 is 0 Å². The first-order valence-corrected chi connectivity index (χ1v) is 32.6. The average Bonchev–Trinajstić information content (AvgIpc) is 4.30. The van der Waals surface area contributed by atoms with E-state index in [1.54, 1.807) is 0 Å². The Labute approximate surface area is 464 Å². The predicted octanol–water partition coefficient (Wildman–Crippen LogP) is 21.9. The number of hydrogen-bond donors (Lipinski definition) is 0.